The third-order valence-electron chi connectivity index (χ3n) is 4.83. The molecule has 1 aromatic heterocycles. The maximum atomic E-state index is 12.5. The van der Waals surface area contributed by atoms with Crippen molar-refractivity contribution in [2.75, 3.05) is 16.4 Å². The number of aryl methyl sites for hydroxylation is 3. The maximum absolute atomic E-state index is 12.5. The normalized spacial score (nSPS) is 10.6. The number of carbonyl (C=O) groups excluding carboxylic acids is 2. The Balaban J connectivity index is 1.63. The van der Waals surface area contributed by atoms with Crippen molar-refractivity contribution in [3.8, 4) is 0 Å². The standard InChI is InChI=1S/C24H27N5O2S/c1-5-12-29-21(14-22(30)25-19-9-7-6-8-17(19)3)27-28-24(29)32-15-23(31)26-20-11-10-16(2)13-18(20)4/h5-11,13H,1,12,14-15H2,2-4H3,(H,25,30)(H,26,31). The lowest BCUT2D eigenvalue weighted by Gasteiger charge is -2.10. The molecule has 0 bridgehead atoms. The van der Waals surface area contributed by atoms with Crippen molar-refractivity contribution in [3.05, 3.63) is 77.6 Å². The summed E-state index contributed by atoms with van der Waals surface area (Å²) in [7, 11) is 0. The number of allylic oxidation sites excluding steroid dienone is 1. The third kappa shape index (κ3) is 6.07. The quantitative estimate of drug-likeness (QED) is 0.376. The Morgan fingerprint density at radius 1 is 1.00 bits per heavy atom. The van der Waals surface area contributed by atoms with E-state index in [1.54, 1.807) is 10.6 Å². The van der Waals surface area contributed by atoms with E-state index in [1.807, 2.05) is 63.2 Å². The predicted molar refractivity (Wildman–Crippen MR) is 129 cm³/mol. The Morgan fingerprint density at radius 2 is 1.72 bits per heavy atom. The Bertz CT molecular complexity index is 1140. The zero-order chi connectivity index (χ0) is 23.1. The molecule has 0 aliphatic heterocycles. The van der Waals surface area contributed by atoms with Gasteiger partial charge in [-0.25, -0.2) is 0 Å². The van der Waals surface area contributed by atoms with Crippen LogP contribution in [0.15, 0.2) is 60.3 Å². The van der Waals surface area contributed by atoms with Gasteiger partial charge in [0.2, 0.25) is 11.8 Å². The molecule has 166 valence electrons. The number of thioether (sulfide) groups is 1. The molecule has 8 heteroatoms. The first-order valence-corrected chi connectivity index (χ1v) is 11.2. The lowest BCUT2D eigenvalue weighted by molar-refractivity contribution is -0.116. The van der Waals surface area contributed by atoms with Crippen LogP contribution in [0.1, 0.15) is 22.5 Å². The van der Waals surface area contributed by atoms with E-state index >= 15 is 0 Å². The van der Waals surface area contributed by atoms with Crippen LogP contribution in [0.4, 0.5) is 11.4 Å². The summed E-state index contributed by atoms with van der Waals surface area (Å²) >= 11 is 1.28. The van der Waals surface area contributed by atoms with Gasteiger partial charge in [0.1, 0.15) is 5.82 Å². The highest BCUT2D eigenvalue weighted by atomic mass is 32.2. The van der Waals surface area contributed by atoms with Crippen LogP contribution in [-0.4, -0.2) is 32.3 Å². The molecule has 0 aliphatic rings. The number of carbonyl (C=O) groups is 2. The van der Waals surface area contributed by atoms with Gasteiger partial charge in [0.25, 0.3) is 0 Å². The number of benzene rings is 2. The summed E-state index contributed by atoms with van der Waals surface area (Å²) in [4.78, 5) is 25.0. The highest BCUT2D eigenvalue weighted by Crippen LogP contribution is 2.20. The van der Waals surface area contributed by atoms with Crippen LogP contribution in [0.5, 0.6) is 0 Å². The van der Waals surface area contributed by atoms with Gasteiger partial charge in [0, 0.05) is 17.9 Å². The van der Waals surface area contributed by atoms with E-state index in [2.05, 4.69) is 27.4 Å². The van der Waals surface area contributed by atoms with E-state index in [0.29, 0.717) is 17.5 Å². The molecule has 2 N–H and O–H groups in total. The van der Waals surface area contributed by atoms with Crippen molar-refractivity contribution in [3.63, 3.8) is 0 Å². The monoisotopic (exact) mass is 449 g/mol. The number of hydrogen-bond acceptors (Lipinski definition) is 5. The molecule has 0 saturated heterocycles. The van der Waals surface area contributed by atoms with E-state index in [4.69, 9.17) is 0 Å². The van der Waals surface area contributed by atoms with E-state index in [0.717, 1.165) is 28.1 Å². The van der Waals surface area contributed by atoms with Crippen LogP contribution < -0.4 is 10.6 Å². The summed E-state index contributed by atoms with van der Waals surface area (Å²) in [5.74, 6) is 0.390. The molecule has 3 aromatic rings. The molecule has 7 nitrogen and oxygen atoms in total. The van der Waals surface area contributed by atoms with Crippen LogP contribution in [0.3, 0.4) is 0 Å². The molecule has 0 spiro atoms. The fraction of sp³-hybridized carbons (Fsp3) is 0.250. The molecular formula is C24H27N5O2S. The number of anilines is 2. The molecule has 2 amide bonds. The number of hydrogen-bond donors (Lipinski definition) is 2. The number of nitrogens with zero attached hydrogens (tertiary/aromatic N) is 3. The van der Waals surface area contributed by atoms with Gasteiger partial charge >= 0.3 is 0 Å². The second kappa shape index (κ2) is 10.8. The first-order chi connectivity index (χ1) is 15.4. The molecule has 1 heterocycles. The molecular weight excluding hydrogens is 422 g/mol. The molecule has 0 aliphatic carbocycles. The van der Waals surface area contributed by atoms with Gasteiger partial charge in [0.15, 0.2) is 5.16 Å². The van der Waals surface area contributed by atoms with Gasteiger partial charge in [-0.3, -0.25) is 9.59 Å². The van der Waals surface area contributed by atoms with Crippen molar-refractivity contribution in [2.45, 2.75) is 38.9 Å². The lowest BCUT2D eigenvalue weighted by atomic mass is 10.1. The van der Waals surface area contributed by atoms with Crippen LogP contribution in [0, 0.1) is 20.8 Å². The summed E-state index contributed by atoms with van der Waals surface area (Å²) in [5, 5.41) is 14.8. The minimum absolute atomic E-state index is 0.0739. The fourth-order valence-corrected chi connectivity index (χ4v) is 3.96. The van der Waals surface area contributed by atoms with Crippen LogP contribution in [-0.2, 0) is 22.6 Å². The summed E-state index contributed by atoms with van der Waals surface area (Å²) in [6.45, 7) is 10.1. The lowest BCUT2D eigenvalue weighted by Crippen LogP contribution is -2.18. The summed E-state index contributed by atoms with van der Waals surface area (Å²) in [5.41, 5.74) is 4.71. The Kier molecular flexibility index (Phi) is 7.83. The zero-order valence-electron chi connectivity index (χ0n) is 18.5. The average Bonchev–Trinajstić information content (AvgIpc) is 3.12. The fourth-order valence-electron chi connectivity index (χ4n) is 3.19. The van der Waals surface area contributed by atoms with Crippen LogP contribution >= 0.6 is 11.8 Å². The van der Waals surface area contributed by atoms with Crippen molar-refractivity contribution >= 4 is 35.0 Å². The maximum Gasteiger partial charge on any atom is 0.234 e. The zero-order valence-corrected chi connectivity index (χ0v) is 19.3. The van der Waals surface area contributed by atoms with Gasteiger partial charge in [-0.15, -0.1) is 16.8 Å². The Hall–Kier alpha value is -3.39. The highest BCUT2D eigenvalue weighted by Gasteiger charge is 2.17. The predicted octanol–water partition coefficient (Wildman–Crippen LogP) is 4.30. The molecule has 0 saturated carbocycles. The van der Waals surface area contributed by atoms with Crippen molar-refractivity contribution in [1.29, 1.82) is 0 Å². The van der Waals surface area contributed by atoms with E-state index < -0.39 is 0 Å². The van der Waals surface area contributed by atoms with Crippen LogP contribution in [0.25, 0.3) is 0 Å². The van der Waals surface area contributed by atoms with Gasteiger partial charge in [-0.1, -0.05) is 53.7 Å². The van der Waals surface area contributed by atoms with Gasteiger partial charge < -0.3 is 15.2 Å². The van der Waals surface area contributed by atoms with E-state index in [1.165, 1.54) is 11.8 Å². The molecule has 3 rings (SSSR count). The molecule has 0 radical (unpaired) electrons. The Labute approximate surface area is 192 Å². The van der Waals surface area contributed by atoms with E-state index in [-0.39, 0.29) is 24.0 Å². The smallest absolute Gasteiger partial charge is 0.234 e. The number of para-hydroxylation sites is 1. The average molecular weight is 450 g/mol. The molecule has 0 fully saturated rings. The first-order valence-electron chi connectivity index (χ1n) is 10.3. The molecule has 32 heavy (non-hydrogen) atoms. The van der Waals surface area contributed by atoms with Gasteiger partial charge in [0.05, 0.1) is 12.2 Å². The SMILES string of the molecule is C=CCn1c(CC(=O)Nc2ccccc2C)nnc1SCC(=O)Nc1ccc(C)cc1C. The van der Waals surface area contributed by atoms with Gasteiger partial charge in [-0.05, 0) is 44.0 Å². The Morgan fingerprint density at radius 3 is 2.44 bits per heavy atom. The van der Waals surface area contributed by atoms with Crippen molar-refractivity contribution < 1.29 is 9.59 Å². The largest absolute Gasteiger partial charge is 0.325 e. The second-order valence-electron chi connectivity index (χ2n) is 7.49. The summed E-state index contributed by atoms with van der Waals surface area (Å²) in [6.07, 6.45) is 1.79. The van der Waals surface area contributed by atoms with Gasteiger partial charge in [-0.2, -0.15) is 0 Å². The topological polar surface area (TPSA) is 88.9 Å². The minimum atomic E-state index is -0.179. The number of aromatic nitrogens is 3. The molecule has 0 unspecified atom stereocenters. The summed E-state index contributed by atoms with van der Waals surface area (Å²) in [6, 6.07) is 13.5. The summed E-state index contributed by atoms with van der Waals surface area (Å²) < 4.78 is 1.81. The van der Waals surface area contributed by atoms with Crippen LogP contribution in [0.2, 0.25) is 0 Å². The number of amides is 2. The molecule has 2 aromatic carbocycles. The highest BCUT2D eigenvalue weighted by molar-refractivity contribution is 7.99. The molecule has 0 atom stereocenters. The second-order valence-corrected chi connectivity index (χ2v) is 8.44. The van der Waals surface area contributed by atoms with E-state index in [9.17, 15) is 9.59 Å². The third-order valence-corrected chi connectivity index (χ3v) is 5.80. The van der Waals surface area contributed by atoms with Crippen molar-refractivity contribution in [1.82, 2.24) is 14.8 Å². The minimum Gasteiger partial charge on any atom is -0.325 e. The number of nitrogens with one attached hydrogen (secondary N) is 2. The van der Waals surface area contributed by atoms with Crippen molar-refractivity contribution in [2.24, 2.45) is 0 Å². The first kappa shape index (κ1) is 23.3. The number of rotatable bonds is 9.